The normalized spacial score (nSPS) is 11.0. The Hall–Kier alpha value is -2.28. The van der Waals surface area contributed by atoms with Crippen LogP contribution in [0.2, 0.25) is 0 Å². The van der Waals surface area contributed by atoms with Crippen molar-refractivity contribution < 1.29 is 4.79 Å². The summed E-state index contributed by atoms with van der Waals surface area (Å²) in [5, 5.41) is 16.3. The number of rotatable bonds is 6. The molecule has 0 atom stereocenters. The number of nitrogens with zero attached hydrogens (tertiary/aromatic N) is 4. The Kier molecular flexibility index (Phi) is 4.66. The first-order valence-corrected chi connectivity index (χ1v) is 8.43. The van der Waals surface area contributed by atoms with Crippen molar-refractivity contribution in [3.63, 3.8) is 0 Å². The zero-order valence-electron chi connectivity index (χ0n) is 13.2. The molecule has 0 radical (unpaired) electrons. The van der Waals surface area contributed by atoms with E-state index in [1.807, 2.05) is 6.92 Å². The van der Waals surface area contributed by atoms with Gasteiger partial charge in [0.05, 0.1) is 0 Å². The highest BCUT2D eigenvalue weighted by molar-refractivity contribution is 7.16. The van der Waals surface area contributed by atoms with Gasteiger partial charge in [-0.1, -0.05) is 41.2 Å². The van der Waals surface area contributed by atoms with Gasteiger partial charge in [0, 0.05) is 19.4 Å². The Morgan fingerprint density at radius 3 is 2.70 bits per heavy atom. The molecule has 0 aliphatic rings. The summed E-state index contributed by atoms with van der Waals surface area (Å²) in [6.45, 7) is 4.52. The summed E-state index contributed by atoms with van der Waals surface area (Å²) in [7, 11) is 0. The Bertz CT molecular complexity index is 806. The minimum absolute atomic E-state index is 0.0738. The van der Waals surface area contributed by atoms with Gasteiger partial charge in [-0.25, -0.2) is 0 Å². The summed E-state index contributed by atoms with van der Waals surface area (Å²) in [5.74, 6) is 0.856. The first kappa shape index (κ1) is 15.6. The highest BCUT2D eigenvalue weighted by Crippen LogP contribution is 2.13. The topological polar surface area (TPSA) is 72.2 Å². The monoisotopic (exact) mass is 329 g/mol. The fourth-order valence-electron chi connectivity index (χ4n) is 2.27. The number of carbonyl (C=O) groups is 1. The molecule has 0 saturated carbocycles. The number of hydrogen-bond acceptors (Lipinski definition) is 5. The minimum atomic E-state index is 0.0738. The lowest BCUT2D eigenvalue weighted by molar-refractivity contribution is -0.121. The third-order valence-electron chi connectivity index (χ3n) is 3.61. The van der Waals surface area contributed by atoms with Gasteiger partial charge in [-0.3, -0.25) is 4.79 Å². The van der Waals surface area contributed by atoms with E-state index in [4.69, 9.17) is 0 Å². The van der Waals surface area contributed by atoms with Crippen molar-refractivity contribution in [2.45, 2.75) is 33.1 Å². The summed E-state index contributed by atoms with van der Waals surface area (Å²) in [5.41, 5.74) is 2.42. The molecule has 0 unspecified atom stereocenters. The summed E-state index contributed by atoms with van der Waals surface area (Å²) in [6, 6.07) is 8.29. The van der Waals surface area contributed by atoms with Crippen LogP contribution in [0.15, 0.2) is 24.3 Å². The van der Waals surface area contributed by atoms with E-state index in [9.17, 15) is 4.79 Å². The third-order valence-corrected chi connectivity index (χ3v) is 4.57. The molecule has 0 fully saturated rings. The van der Waals surface area contributed by atoms with Gasteiger partial charge >= 0.3 is 0 Å². The summed E-state index contributed by atoms with van der Waals surface area (Å²) in [4.78, 5) is 12.7. The quantitative estimate of drug-likeness (QED) is 0.752. The van der Waals surface area contributed by atoms with E-state index in [1.54, 1.807) is 4.52 Å². The maximum absolute atomic E-state index is 11.9. The van der Waals surface area contributed by atoms with Crippen LogP contribution in [0.1, 0.15) is 28.4 Å². The van der Waals surface area contributed by atoms with E-state index in [0.29, 0.717) is 19.4 Å². The average Bonchev–Trinajstić information content (AvgIpc) is 3.09. The maximum atomic E-state index is 11.9. The van der Waals surface area contributed by atoms with Gasteiger partial charge in [0.1, 0.15) is 5.01 Å². The lowest BCUT2D eigenvalue weighted by Crippen LogP contribution is -2.25. The standard InChI is InChI=1S/C16H19N5OS/c1-11-3-5-13(6-4-11)7-8-14(22)17-10-9-15-20-21-12(2)18-19-16(21)23-15/h3-6H,7-10H2,1-2H3,(H,17,22). The number of carbonyl (C=O) groups excluding carboxylic acids is 1. The lowest BCUT2D eigenvalue weighted by Gasteiger charge is -2.04. The molecule has 0 aliphatic heterocycles. The molecule has 0 spiro atoms. The zero-order valence-corrected chi connectivity index (χ0v) is 14.1. The second-order valence-electron chi connectivity index (χ2n) is 5.52. The van der Waals surface area contributed by atoms with Crippen LogP contribution in [0, 0.1) is 13.8 Å². The number of aryl methyl sites for hydroxylation is 3. The molecular formula is C16H19N5OS. The highest BCUT2D eigenvalue weighted by Gasteiger charge is 2.09. The van der Waals surface area contributed by atoms with Crippen LogP contribution < -0.4 is 5.32 Å². The van der Waals surface area contributed by atoms with Gasteiger partial charge in [-0.15, -0.1) is 10.2 Å². The first-order valence-electron chi connectivity index (χ1n) is 7.62. The molecule has 3 aromatic rings. The van der Waals surface area contributed by atoms with Gasteiger partial charge in [0.2, 0.25) is 10.9 Å². The van der Waals surface area contributed by atoms with Crippen LogP contribution in [0.5, 0.6) is 0 Å². The van der Waals surface area contributed by atoms with E-state index in [2.05, 4.69) is 51.8 Å². The molecule has 3 rings (SSSR count). The van der Waals surface area contributed by atoms with Gasteiger partial charge < -0.3 is 5.32 Å². The van der Waals surface area contributed by atoms with Gasteiger partial charge in [-0.05, 0) is 25.8 Å². The summed E-state index contributed by atoms with van der Waals surface area (Å²) in [6.07, 6.45) is 1.99. The largest absolute Gasteiger partial charge is 0.356 e. The molecule has 0 aliphatic carbocycles. The van der Waals surface area contributed by atoms with E-state index in [0.717, 1.165) is 22.2 Å². The van der Waals surface area contributed by atoms with Crippen LogP contribution in [-0.2, 0) is 17.6 Å². The molecule has 1 amide bonds. The molecular weight excluding hydrogens is 310 g/mol. The number of hydrogen-bond donors (Lipinski definition) is 1. The van der Waals surface area contributed by atoms with Crippen LogP contribution in [-0.4, -0.2) is 32.3 Å². The molecule has 2 aromatic heterocycles. The summed E-state index contributed by atoms with van der Waals surface area (Å²) < 4.78 is 1.74. The fraction of sp³-hybridized carbons (Fsp3) is 0.375. The van der Waals surface area contributed by atoms with E-state index < -0.39 is 0 Å². The van der Waals surface area contributed by atoms with Crippen molar-refractivity contribution in [3.05, 3.63) is 46.2 Å². The highest BCUT2D eigenvalue weighted by atomic mass is 32.1. The molecule has 23 heavy (non-hydrogen) atoms. The summed E-state index contributed by atoms with van der Waals surface area (Å²) >= 11 is 1.51. The maximum Gasteiger partial charge on any atom is 0.234 e. The number of benzene rings is 1. The van der Waals surface area contributed by atoms with Gasteiger partial charge in [-0.2, -0.15) is 9.61 Å². The molecule has 1 N–H and O–H groups in total. The molecule has 0 bridgehead atoms. The first-order chi connectivity index (χ1) is 11.1. The number of amides is 1. The van der Waals surface area contributed by atoms with Gasteiger partial charge in [0.15, 0.2) is 5.82 Å². The van der Waals surface area contributed by atoms with Crippen molar-refractivity contribution >= 4 is 22.2 Å². The number of fused-ring (bicyclic) bond motifs is 1. The van der Waals surface area contributed by atoms with Crippen molar-refractivity contribution in [3.8, 4) is 0 Å². The van der Waals surface area contributed by atoms with Crippen LogP contribution in [0.4, 0.5) is 0 Å². The molecule has 2 heterocycles. The fourth-order valence-corrected chi connectivity index (χ4v) is 3.14. The van der Waals surface area contributed by atoms with Crippen molar-refractivity contribution in [2.75, 3.05) is 6.54 Å². The van der Waals surface area contributed by atoms with Crippen LogP contribution in [0.25, 0.3) is 4.96 Å². The molecule has 120 valence electrons. The van der Waals surface area contributed by atoms with Crippen LogP contribution in [0.3, 0.4) is 0 Å². The third kappa shape index (κ3) is 3.92. The molecule has 0 saturated heterocycles. The van der Waals surface area contributed by atoms with E-state index >= 15 is 0 Å². The SMILES string of the molecule is Cc1ccc(CCC(=O)NCCc2nn3c(C)nnc3s2)cc1. The Balaban J connectivity index is 1.42. The predicted octanol–water partition coefficient (Wildman–Crippen LogP) is 2.09. The second kappa shape index (κ2) is 6.87. The number of aromatic nitrogens is 4. The predicted molar refractivity (Wildman–Crippen MR) is 89.6 cm³/mol. The smallest absolute Gasteiger partial charge is 0.234 e. The Morgan fingerprint density at radius 1 is 1.17 bits per heavy atom. The molecule has 1 aromatic carbocycles. The number of nitrogens with one attached hydrogen (secondary N) is 1. The lowest BCUT2D eigenvalue weighted by atomic mass is 10.1. The van der Waals surface area contributed by atoms with Crippen LogP contribution >= 0.6 is 11.3 Å². The average molecular weight is 329 g/mol. The van der Waals surface area contributed by atoms with E-state index in [1.165, 1.54) is 22.5 Å². The Morgan fingerprint density at radius 2 is 1.96 bits per heavy atom. The van der Waals surface area contributed by atoms with Crippen molar-refractivity contribution in [1.82, 2.24) is 25.1 Å². The minimum Gasteiger partial charge on any atom is -0.356 e. The Labute approximate surface area is 138 Å². The van der Waals surface area contributed by atoms with Gasteiger partial charge in [0.25, 0.3) is 0 Å². The zero-order chi connectivity index (χ0) is 16.2. The molecule has 6 nitrogen and oxygen atoms in total. The van der Waals surface area contributed by atoms with E-state index in [-0.39, 0.29) is 5.91 Å². The molecule has 7 heteroatoms. The van der Waals surface area contributed by atoms with Crippen molar-refractivity contribution in [1.29, 1.82) is 0 Å². The van der Waals surface area contributed by atoms with Crippen molar-refractivity contribution in [2.24, 2.45) is 0 Å². The second-order valence-corrected chi connectivity index (χ2v) is 6.56.